The lowest BCUT2D eigenvalue weighted by Crippen LogP contribution is -2.34. The van der Waals surface area contributed by atoms with Gasteiger partial charge in [0.1, 0.15) is 5.00 Å². The highest BCUT2D eigenvalue weighted by atomic mass is 32.1. The normalized spacial score (nSPS) is 13.0. The zero-order chi connectivity index (χ0) is 21.1. The first-order chi connectivity index (χ1) is 13.8. The Kier molecular flexibility index (Phi) is 6.22. The molecule has 29 heavy (non-hydrogen) atoms. The minimum Gasteiger partial charge on any atom is -0.372 e. The van der Waals surface area contributed by atoms with Gasteiger partial charge in [-0.1, -0.05) is 0 Å². The molecule has 0 radical (unpaired) electrons. The molecule has 8 heteroatoms. The van der Waals surface area contributed by atoms with Gasteiger partial charge in [-0.05, 0) is 50.1 Å². The fourth-order valence-electron chi connectivity index (χ4n) is 3.61. The molecule has 154 valence electrons. The van der Waals surface area contributed by atoms with Crippen LogP contribution >= 0.6 is 11.3 Å². The Morgan fingerprint density at radius 3 is 2.38 bits per heavy atom. The lowest BCUT2D eigenvalue weighted by atomic mass is 10.0. The van der Waals surface area contributed by atoms with Gasteiger partial charge in [0.05, 0.1) is 12.1 Å². The van der Waals surface area contributed by atoms with E-state index in [-0.39, 0.29) is 11.8 Å². The minimum atomic E-state index is -0.564. The number of hydrogen-bond donors (Lipinski definition) is 2. The predicted molar refractivity (Wildman–Crippen MR) is 116 cm³/mol. The zero-order valence-electron chi connectivity index (χ0n) is 16.9. The number of carbonyl (C=O) groups excluding carboxylic acids is 3. The van der Waals surface area contributed by atoms with Gasteiger partial charge < -0.3 is 20.9 Å². The largest absolute Gasteiger partial charge is 0.372 e. The number of nitrogens with two attached hydrogens (primary N) is 1. The number of fused-ring (bicyclic) bond motifs is 1. The highest BCUT2D eigenvalue weighted by Gasteiger charge is 2.28. The van der Waals surface area contributed by atoms with Gasteiger partial charge in [-0.2, -0.15) is 0 Å². The van der Waals surface area contributed by atoms with E-state index in [1.807, 2.05) is 12.1 Å². The molecule has 0 aliphatic carbocycles. The summed E-state index contributed by atoms with van der Waals surface area (Å²) in [5.74, 6) is -0.866. The molecule has 1 aromatic carbocycles. The zero-order valence-corrected chi connectivity index (χ0v) is 17.8. The van der Waals surface area contributed by atoms with E-state index in [0.29, 0.717) is 35.6 Å². The average Bonchev–Trinajstić information content (AvgIpc) is 3.06. The number of hydrogen-bond acceptors (Lipinski definition) is 5. The van der Waals surface area contributed by atoms with Gasteiger partial charge in [0.25, 0.3) is 11.8 Å². The van der Waals surface area contributed by atoms with Gasteiger partial charge in [0.2, 0.25) is 5.91 Å². The van der Waals surface area contributed by atoms with E-state index in [9.17, 15) is 14.4 Å². The molecule has 3 amide bonds. The van der Waals surface area contributed by atoms with Gasteiger partial charge in [0.15, 0.2) is 0 Å². The second kappa shape index (κ2) is 8.65. The second-order valence-corrected chi connectivity index (χ2v) is 8.04. The number of carbonyl (C=O) groups is 3. The van der Waals surface area contributed by atoms with Crippen LogP contribution in [0.3, 0.4) is 0 Å². The summed E-state index contributed by atoms with van der Waals surface area (Å²) < 4.78 is 0. The van der Waals surface area contributed by atoms with Gasteiger partial charge in [-0.15, -0.1) is 11.3 Å². The number of thiophene rings is 1. The fraction of sp³-hybridized carbons (Fsp3) is 0.381. The SMILES string of the molecule is CCN(CC)c1ccc(C(=O)Nc2sc3c(c2C(N)=O)CCN(C(C)=O)C3)cc1. The van der Waals surface area contributed by atoms with E-state index < -0.39 is 5.91 Å². The molecule has 0 atom stereocenters. The highest BCUT2D eigenvalue weighted by Crippen LogP contribution is 2.37. The van der Waals surface area contributed by atoms with Crippen LogP contribution in [-0.2, 0) is 17.8 Å². The summed E-state index contributed by atoms with van der Waals surface area (Å²) in [6.45, 7) is 8.45. The van der Waals surface area contributed by atoms with E-state index in [0.717, 1.165) is 29.2 Å². The van der Waals surface area contributed by atoms with Crippen molar-refractivity contribution < 1.29 is 14.4 Å². The van der Waals surface area contributed by atoms with Crippen molar-refractivity contribution in [3.63, 3.8) is 0 Å². The molecule has 0 unspecified atom stereocenters. The maximum Gasteiger partial charge on any atom is 0.256 e. The molecule has 1 aromatic heterocycles. The second-order valence-electron chi connectivity index (χ2n) is 6.94. The van der Waals surface area contributed by atoms with E-state index in [1.54, 1.807) is 17.0 Å². The first-order valence-electron chi connectivity index (χ1n) is 9.71. The number of primary amides is 1. The summed E-state index contributed by atoms with van der Waals surface area (Å²) in [5, 5.41) is 3.30. The van der Waals surface area contributed by atoms with Crippen LogP contribution in [0.15, 0.2) is 24.3 Å². The molecule has 2 aromatic rings. The van der Waals surface area contributed by atoms with Crippen LogP contribution in [0.1, 0.15) is 51.9 Å². The van der Waals surface area contributed by atoms with Gasteiger partial charge in [0, 0.05) is 42.7 Å². The highest BCUT2D eigenvalue weighted by molar-refractivity contribution is 7.17. The smallest absolute Gasteiger partial charge is 0.256 e. The quantitative estimate of drug-likeness (QED) is 0.760. The van der Waals surface area contributed by atoms with Gasteiger partial charge in [-0.25, -0.2) is 0 Å². The predicted octanol–water partition coefficient (Wildman–Crippen LogP) is 2.85. The van der Waals surface area contributed by atoms with E-state index >= 15 is 0 Å². The number of nitrogens with one attached hydrogen (secondary N) is 1. The minimum absolute atomic E-state index is 0.0106. The van der Waals surface area contributed by atoms with Crippen LogP contribution in [-0.4, -0.2) is 42.3 Å². The molecule has 2 heterocycles. The maximum absolute atomic E-state index is 12.8. The maximum atomic E-state index is 12.8. The lowest BCUT2D eigenvalue weighted by Gasteiger charge is -2.25. The van der Waals surface area contributed by atoms with Crippen LogP contribution < -0.4 is 16.0 Å². The molecule has 1 aliphatic heterocycles. The summed E-state index contributed by atoms with van der Waals surface area (Å²) in [5.41, 5.74) is 8.37. The molecule has 3 rings (SSSR count). The van der Waals surface area contributed by atoms with Crippen molar-refractivity contribution in [1.29, 1.82) is 0 Å². The van der Waals surface area contributed by atoms with Crippen LogP contribution in [0.4, 0.5) is 10.7 Å². The standard InChI is InChI=1S/C21H26N4O3S/c1-4-24(5-2)15-8-6-14(7-9-15)20(28)23-21-18(19(22)27)16-10-11-25(13(3)26)12-17(16)29-21/h6-9H,4-5,10-12H2,1-3H3,(H2,22,27)(H,23,28). The topological polar surface area (TPSA) is 95.7 Å². The first-order valence-corrected chi connectivity index (χ1v) is 10.5. The summed E-state index contributed by atoms with van der Waals surface area (Å²) in [7, 11) is 0. The van der Waals surface area contributed by atoms with Crippen molar-refractivity contribution in [1.82, 2.24) is 4.90 Å². The summed E-state index contributed by atoms with van der Waals surface area (Å²) >= 11 is 1.31. The number of amides is 3. The first kappa shape index (κ1) is 20.9. The Balaban J connectivity index is 1.83. The molecule has 0 bridgehead atoms. The van der Waals surface area contributed by atoms with Crippen molar-refractivity contribution in [2.75, 3.05) is 29.9 Å². The molecule has 3 N–H and O–H groups in total. The van der Waals surface area contributed by atoms with Gasteiger partial charge in [-0.3, -0.25) is 14.4 Å². The van der Waals surface area contributed by atoms with Crippen molar-refractivity contribution in [3.05, 3.63) is 45.8 Å². The molecule has 0 fully saturated rings. The summed E-state index contributed by atoms with van der Waals surface area (Å²) in [4.78, 5) is 41.3. The Labute approximate surface area is 174 Å². The summed E-state index contributed by atoms with van der Waals surface area (Å²) in [6, 6.07) is 7.39. The summed E-state index contributed by atoms with van der Waals surface area (Å²) in [6.07, 6.45) is 0.554. The third-order valence-electron chi connectivity index (χ3n) is 5.23. The molecular formula is C21H26N4O3S. The molecule has 7 nitrogen and oxygen atoms in total. The van der Waals surface area contributed by atoms with Crippen LogP contribution in [0.5, 0.6) is 0 Å². The monoisotopic (exact) mass is 414 g/mol. The molecule has 0 saturated heterocycles. The van der Waals surface area contributed by atoms with Crippen molar-refractivity contribution in [3.8, 4) is 0 Å². The van der Waals surface area contributed by atoms with Crippen LogP contribution in [0.2, 0.25) is 0 Å². The molecule has 1 aliphatic rings. The van der Waals surface area contributed by atoms with Crippen molar-refractivity contribution in [2.24, 2.45) is 5.73 Å². The Bertz CT molecular complexity index is 932. The number of rotatable bonds is 6. The van der Waals surface area contributed by atoms with Crippen molar-refractivity contribution >= 4 is 39.7 Å². The Hall–Kier alpha value is -2.87. The third-order valence-corrected chi connectivity index (χ3v) is 6.37. The molecular weight excluding hydrogens is 388 g/mol. The van der Waals surface area contributed by atoms with Crippen LogP contribution in [0, 0.1) is 0 Å². The van der Waals surface area contributed by atoms with Crippen molar-refractivity contribution in [2.45, 2.75) is 33.7 Å². The number of benzene rings is 1. The molecule has 0 saturated carbocycles. The third kappa shape index (κ3) is 4.27. The number of anilines is 2. The van der Waals surface area contributed by atoms with Gasteiger partial charge >= 0.3 is 0 Å². The lowest BCUT2D eigenvalue weighted by molar-refractivity contribution is -0.129. The number of nitrogens with zero attached hydrogens (tertiary/aromatic N) is 2. The molecule has 0 spiro atoms. The average molecular weight is 415 g/mol. The van der Waals surface area contributed by atoms with E-state index in [4.69, 9.17) is 5.73 Å². The fourth-order valence-corrected chi connectivity index (χ4v) is 4.87. The Morgan fingerprint density at radius 2 is 1.83 bits per heavy atom. The van der Waals surface area contributed by atoms with E-state index in [2.05, 4.69) is 24.1 Å². The van der Waals surface area contributed by atoms with Crippen LogP contribution in [0.25, 0.3) is 0 Å². The van der Waals surface area contributed by atoms with E-state index in [1.165, 1.54) is 18.3 Å². The Morgan fingerprint density at radius 1 is 1.17 bits per heavy atom.